The van der Waals surface area contributed by atoms with Crippen molar-refractivity contribution in [3.05, 3.63) is 56.7 Å². The Morgan fingerprint density at radius 2 is 1.94 bits per heavy atom. The van der Waals surface area contributed by atoms with Crippen LogP contribution in [0, 0.1) is 0 Å². The Morgan fingerprint density at radius 3 is 2.55 bits per heavy atom. The largest absolute Gasteiger partial charge is 0.385 e. The lowest BCUT2D eigenvalue weighted by Crippen LogP contribution is -2.46. The van der Waals surface area contributed by atoms with Gasteiger partial charge in [-0.2, -0.15) is 0 Å². The van der Waals surface area contributed by atoms with Gasteiger partial charge in [-0.3, -0.25) is 24.0 Å². The van der Waals surface area contributed by atoms with Crippen LogP contribution in [-0.2, 0) is 16.1 Å². The number of nitrogen functional groups attached to an aromatic ring is 1. The molecule has 3 N–H and O–H groups in total. The SMILES string of the molecule is CCC(C)N(C)CC(=O)N(CCCOC)c1c(N)n(Cc2ccccc2)c(=O)[nH]c1=O. The van der Waals surface area contributed by atoms with Gasteiger partial charge in [0.25, 0.3) is 5.56 Å². The number of hydrogen-bond acceptors (Lipinski definition) is 6. The molecule has 0 radical (unpaired) electrons. The van der Waals surface area contributed by atoms with Crippen LogP contribution in [0.15, 0.2) is 39.9 Å². The number of aromatic nitrogens is 2. The Hall–Kier alpha value is -2.91. The van der Waals surface area contributed by atoms with Crippen molar-refractivity contribution < 1.29 is 9.53 Å². The summed E-state index contributed by atoms with van der Waals surface area (Å²) in [6.45, 7) is 5.05. The maximum absolute atomic E-state index is 13.2. The van der Waals surface area contributed by atoms with Crippen LogP contribution in [0.5, 0.6) is 0 Å². The first-order chi connectivity index (χ1) is 14.8. The molecule has 0 bridgehead atoms. The highest BCUT2D eigenvalue weighted by atomic mass is 16.5. The molecule has 0 saturated carbocycles. The van der Waals surface area contributed by atoms with E-state index in [1.165, 1.54) is 9.47 Å². The first-order valence-electron chi connectivity index (χ1n) is 10.5. The highest BCUT2D eigenvalue weighted by molar-refractivity contribution is 5.96. The minimum absolute atomic E-state index is 0.00538. The van der Waals surface area contributed by atoms with Gasteiger partial charge in [0, 0.05) is 26.3 Å². The van der Waals surface area contributed by atoms with Crippen molar-refractivity contribution in [2.45, 2.75) is 39.3 Å². The van der Waals surface area contributed by atoms with E-state index in [2.05, 4.69) is 4.98 Å². The molecule has 1 aromatic heterocycles. The average molecular weight is 432 g/mol. The Kier molecular flexibility index (Phi) is 9.02. The van der Waals surface area contributed by atoms with Gasteiger partial charge in [-0.25, -0.2) is 4.79 Å². The zero-order valence-corrected chi connectivity index (χ0v) is 18.8. The predicted octanol–water partition coefficient (Wildman–Crippen LogP) is 1.27. The molecule has 0 spiro atoms. The van der Waals surface area contributed by atoms with Gasteiger partial charge in [-0.15, -0.1) is 0 Å². The van der Waals surface area contributed by atoms with Crippen molar-refractivity contribution in [2.75, 3.05) is 44.5 Å². The third kappa shape index (κ3) is 6.28. The van der Waals surface area contributed by atoms with E-state index in [9.17, 15) is 14.4 Å². The van der Waals surface area contributed by atoms with Gasteiger partial charge in [0.15, 0.2) is 5.69 Å². The number of H-pyrrole nitrogens is 1. The van der Waals surface area contributed by atoms with E-state index in [0.29, 0.717) is 13.0 Å². The summed E-state index contributed by atoms with van der Waals surface area (Å²) in [6, 6.07) is 9.51. The van der Waals surface area contributed by atoms with Gasteiger partial charge in [0.2, 0.25) is 5.91 Å². The third-order valence-corrected chi connectivity index (χ3v) is 5.43. The summed E-state index contributed by atoms with van der Waals surface area (Å²) in [5.41, 5.74) is 5.85. The number of rotatable bonds is 11. The number of anilines is 2. The molecule has 1 atom stereocenters. The highest BCUT2D eigenvalue weighted by Gasteiger charge is 2.25. The standard InChI is InChI=1S/C22H33N5O4/c1-5-16(2)25(3)15-18(28)26(12-9-13-31-4)19-20(23)27(22(30)24-21(19)29)14-17-10-7-6-8-11-17/h6-8,10-11,16H,5,9,12-15,23H2,1-4H3,(H,24,29,30). The molecule has 0 aliphatic rings. The second-order valence-corrected chi connectivity index (χ2v) is 7.63. The number of carbonyl (C=O) groups is 1. The first-order valence-corrected chi connectivity index (χ1v) is 10.5. The molecule has 2 aromatic rings. The number of amides is 1. The number of likely N-dealkylation sites (N-methyl/N-ethyl adjacent to an activating group) is 1. The van der Waals surface area contributed by atoms with E-state index in [1.807, 2.05) is 56.1 Å². The molecular weight excluding hydrogens is 398 g/mol. The van der Waals surface area contributed by atoms with Crippen LogP contribution in [0.3, 0.4) is 0 Å². The van der Waals surface area contributed by atoms with E-state index in [-0.39, 0.29) is 43.1 Å². The van der Waals surface area contributed by atoms with Gasteiger partial charge in [-0.05, 0) is 32.4 Å². The molecule has 2 rings (SSSR count). The molecule has 31 heavy (non-hydrogen) atoms. The molecule has 0 aliphatic heterocycles. The summed E-state index contributed by atoms with van der Waals surface area (Å²) in [5, 5.41) is 0. The Morgan fingerprint density at radius 1 is 1.26 bits per heavy atom. The summed E-state index contributed by atoms with van der Waals surface area (Å²) in [6.07, 6.45) is 1.41. The molecular formula is C22H33N5O4. The fourth-order valence-corrected chi connectivity index (χ4v) is 3.26. The monoisotopic (exact) mass is 431 g/mol. The lowest BCUT2D eigenvalue weighted by atomic mass is 10.2. The lowest BCUT2D eigenvalue weighted by molar-refractivity contribution is -0.120. The third-order valence-electron chi connectivity index (χ3n) is 5.43. The Labute approximate surface area is 182 Å². The minimum Gasteiger partial charge on any atom is -0.385 e. The number of hydrogen-bond donors (Lipinski definition) is 2. The number of carbonyl (C=O) groups excluding carboxylic acids is 1. The fraction of sp³-hybridized carbons (Fsp3) is 0.500. The second kappa shape index (κ2) is 11.5. The molecule has 9 heteroatoms. The van der Waals surface area contributed by atoms with E-state index in [1.54, 1.807) is 7.11 Å². The van der Waals surface area contributed by atoms with Gasteiger partial charge in [0.1, 0.15) is 5.82 Å². The zero-order valence-electron chi connectivity index (χ0n) is 18.8. The average Bonchev–Trinajstić information content (AvgIpc) is 2.75. The van der Waals surface area contributed by atoms with E-state index in [0.717, 1.165) is 12.0 Å². The van der Waals surface area contributed by atoms with Crippen molar-refractivity contribution in [3.8, 4) is 0 Å². The molecule has 0 fully saturated rings. The summed E-state index contributed by atoms with van der Waals surface area (Å²) in [7, 11) is 3.44. The molecule has 1 aromatic carbocycles. The first kappa shape index (κ1) is 24.4. The van der Waals surface area contributed by atoms with Crippen LogP contribution in [0.25, 0.3) is 0 Å². The molecule has 0 saturated heterocycles. The van der Waals surface area contributed by atoms with Crippen LogP contribution in [0.4, 0.5) is 11.5 Å². The van der Waals surface area contributed by atoms with Crippen LogP contribution in [-0.4, -0.2) is 60.3 Å². The van der Waals surface area contributed by atoms with Crippen LogP contribution in [0.2, 0.25) is 0 Å². The van der Waals surface area contributed by atoms with Crippen molar-refractivity contribution in [1.29, 1.82) is 0 Å². The number of nitrogens with zero attached hydrogens (tertiary/aromatic N) is 3. The van der Waals surface area contributed by atoms with Crippen molar-refractivity contribution >= 4 is 17.4 Å². The predicted molar refractivity (Wildman–Crippen MR) is 123 cm³/mol. The topological polar surface area (TPSA) is 114 Å². The Balaban J connectivity index is 2.46. The number of nitrogens with one attached hydrogen (secondary N) is 1. The molecule has 9 nitrogen and oxygen atoms in total. The number of aromatic amines is 1. The van der Waals surface area contributed by atoms with Gasteiger partial charge in [-0.1, -0.05) is 37.3 Å². The molecule has 1 heterocycles. The number of nitrogens with two attached hydrogens (primary N) is 1. The quantitative estimate of drug-likeness (QED) is 0.518. The summed E-state index contributed by atoms with van der Waals surface area (Å²) in [4.78, 5) is 44.0. The van der Waals surface area contributed by atoms with Crippen molar-refractivity contribution in [2.24, 2.45) is 0 Å². The summed E-state index contributed by atoms with van der Waals surface area (Å²) >= 11 is 0. The lowest BCUT2D eigenvalue weighted by Gasteiger charge is -2.29. The number of ether oxygens (including phenoxy) is 1. The normalized spacial score (nSPS) is 12.2. The van der Waals surface area contributed by atoms with Gasteiger partial charge >= 0.3 is 5.69 Å². The van der Waals surface area contributed by atoms with Crippen LogP contribution < -0.4 is 21.9 Å². The Bertz CT molecular complexity index is 970. The fourth-order valence-electron chi connectivity index (χ4n) is 3.26. The maximum Gasteiger partial charge on any atom is 0.330 e. The van der Waals surface area contributed by atoms with E-state index in [4.69, 9.17) is 10.5 Å². The van der Waals surface area contributed by atoms with Crippen LogP contribution >= 0.6 is 0 Å². The second-order valence-electron chi connectivity index (χ2n) is 7.63. The minimum atomic E-state index is -0.677. The smallest absolute Gasteiger partial charge is 0.330 e. The zero-order chi connectivity index (χ0) is 23.0. The number of benzene rings is 1. The summed E-state index contributed by atoms with van der Waals surface area (Å²) in [5.74, 6) is -0.296. The van der Waals surface area contributed by atoms with Crippen molar-refractivity contribution in [3.63, 3.8) is 0 Å². The highest BCUT2D eigenvalue weighted by Crippen LogP contribution is 2.19. The molecule has 1 unspecified atom stereocenters. The maximum atomic E-state index is 13.2. The van der Waals surface area contributed by atoms with Gasteiger partial charge in [0.05, 0.1) is 13.1 Å². The molecule has 1 amide bonds. The van der Waals surface area contributed by atoms with Gasteiger partial charge < -0.3 is 15.4 Å². The molecule has 170 valence electrons. The summed E-state index contributed by atoms with van der Waals surface area (Å²) < 4.78 is 6.38. The molecule has 0 aliphatic carbocycles. The van der Waals surface area contributed by atoms with E-state index < -0.39 is 11.2 Å². The van der Waals surface area contributed by atoms with Crippen LogP contribution in [0.1, 0.15) is 32.3 Å². The number of methoxy groups -OCH3 is 1. The van der Waals surface area contributed by atoms with E-state index >= 15 is 0 Å². The van der Waals surface area contributed by atoms with Crippen molar-refractivity contribution in [1.82, 2.24) is 14.5 Å².